The molecule has 0 fully saturated rings. The highest BCUT2D eigenvalue weighted by Gasteiger charge is 2.12. The van der Waals surface area contributed by atoms with Gasteiger partial charge < -0.3 is 9.47 Å². The first-order valence-electron chi connectivity index (χ1n) is 6.07. The monoisotopic (exact) mass is 268 g/mol. The van der Waals surface area contributed by atoms with Crippen molar-refractivity contribution in [3.8, 4) is 5.75 Å². The number of methoxy groups -OCH3 is 1. The summed E-state index contributed by atoms with van der Waals surface area (Å²) >= 11 is 1.76. The van der Waals surface area contributed by atoms with E-state index in [1.54, 1.807) is 11.8 Å². The van der Waals surface area contributed by atoms with Crippen LogP contribution in [0, 0.1) is 5.92 Å². The quantitative estimate of drug-likeness (QED) is 0.536. The summed E-state index contributed by atoms with van der Waals surface area (Å²) in [6.07, 6.45) is 0.980. The van der Waals surface area contributed by atoms with Crippen molar-refractivity contribution >= 4 is 17.7 Å². The van der Waals surface area contributed by atoms with Gasteiger partial charge in [-0.1, -0.05) is 25.1 Å². The molecule has 0 aliphatic carbocycles. The fraction of sp³-hybridized carbons (Fsp3) is 0.500. The van der Waals surface area contributed by atoms with Gasteiger partial charge in [0.2, 0.25) is 0 Å². The first-order chi connectivity index (χ1) is 8.74. The van der Waals surface area contributed by atoms with Crippen molar-refractivity contribution in [1.29, 1.82) is 0 Å². The number of benzene rings is 1. The first-order valence-corrected chi connectivity index (χ1v) is 7.23. The van der Waals surface area contributed by atoms with Gasteiger partial charge in [0, 0.05) is 5.75 Å². The summed E-state index contributed by atoms with van der Waals surface area (Å²) in [4.78, 5) is 11.2. The van der Waals surface area contributed by atoms with Crippen LogP contribution in [0.2, 0.25) is 0 Å². The maximum atomic E-state index is 11.2. The molecule has 0 saturated carbocycles. The van der Waals surface area contributed by atoms with Crippen LogP contribution in [-0.2, 0) is 9.53 Å². The lowest BCUT2D eigenvalue weighted by Crippen LogP contribution is -2.15. The van der Waals surface area contributed by atoms with Crippen molar-refractivity contribution in [3.05, 3.63) is 30.3 Å². The Bertz CT molecular complexity index is 340. The molecule has 1 rings (SSSR count). The van der Waals surface area contributed by atoms with Gasteiger partial charge in [0.05, 0.1) is 19.6 Å². The number of carbonyl (C=O) groups is 1. The lowest BCUT2D eigenvalue weighted by Gasteiger charge is -2.09. The molecule has 0 N–H and O–H groups in total. The molecule has 0 bridgehead atoms. The third-order valence-corrected chi connectivity index (χ3v) is 3.73. The summed E-state index contributed by atoms with van der Waals surface area (Å²) in [5.74, 6) is 2.54. The second-order valence-corrected chi connectivity index (χ2v) is 5.16. The Kier molecular flexibility index (Phi) is 7.34. The molecule has 0 amide bonds. The van der Waals surface area contributed by atoms with Crippen LogP contribution in [-0.4, -0.2) is 31.2 Å². The van der Waals surface area contributed by atoms with Gasteiger partial charge in [-0.05, 0) is 24.3 Å². The normalized spacial score (nSPS) is 11.9. The van der Waals surface area contributed by atoms with Crippen LogP contribution in [0.4, 0.5) is 0 Å². The summed E-state index contributed by atoms with van der Waals surface area (Å²) in [5, 5.41) is 0. The fourth-order valence-electron chi connectivity index (χ4n) is 1.40. The number of para-hydroxylation sites is 1. The van der Waals surface area contributed by atoms with Crippen LogP contribution in [0.15, 0.2) is 30.3 Å². The third-order valence-electron chi connectivity index (χ3n) is 2.42. The topological polar surface area (TPSA) is 35.5 Å². The van der Waals surface area contributed by atoms with Crippen LogP contribution in [0.1, 0.15) is 13.3 Å². The summed E-state index contributed by atoms with van der Waals surface area (Å²) in [6, 6.07) is 9.79. The van der Waals surface area contributed by atoms with Gasteiger partial charge in [-0.2, -0.15) is 11.8 Å². The number of esters is 1. The van der Waals surface area contributed by atoms with E-state index in [4.69, 9.17) is 4.74 Å². The van der Waals surface area contributed by atoms with E-state index in [9.17, 15) is 4.79 Å². The summed E-state index contributed by atoms with van der Waals surface area (Å²) in [7, 11) is 1.43. The Hall–Kier alpha value is -1.16. The van der Waals surface area contributed by atoms with Crippen LogP contribution in [0.5, 0.6) is 5.75 Å². The number of ether oxygens (including phenoxy) is 2. The molecule has 0 saturated heterocycles. The second-order valence-electron chi connectivity index (χ2n) is 4.01. The van der Waals surface area contributed by atoms with Crippen LogP contribution in [0.25, 0.3) is 0 Å². The van der Waals surface area contributed by atoms with E-state index < -0.39 is 0 Å². The number of hydrogen-bond acceptors (Lipinski definition) is 4. The van der Waals surface area contributed by atoms with Crippen molar-refractivity contribution in [2.24, 2.45) is 5.92 Å². The molecule has 0 aromatic heterocycles. The highest BCUT2D eigenvalue weighted by Crippen LogP contribution is 2.12. The van der Waals surface area contributed by atoms with Crippen molar-refractivity contribution in [3.63, 3.8) is 0 Å². The lowest BCUT2D eigenvalue weighted by atomic mass is 10.2. The molecule has 0 aliphatic rings. The largest absolute Gasteiger partial charge is 0.494 e. The van der Waals surface area contributed by atoms with E-state index in [0.717, 1.165) is 23.7 Å². The third kappa shape index (κ3) is 5.96. The predicted molar refractivity (Wildman–Crippen MR) is 75.1 cm³/mol. The number of rotatable bonds is 8. The van der Waals surface area contributed by atoms with E-state index in [0.29, 0.717) is 6.61 Å². The first kappa shape index (κ1) is 14.9. The van der Waals surface area contributed by atoms with Crippen LogP contribution >= 0.6 is 11.8 Å². The van der Waals surface area contributed by atoms with Gasteiger partial charge in [-0.15, -0.1) is 0 Å². The Morgan fingerprint density at radius 1 is 1.33 bits per heavy atom. The van der Waals surface area contributed by atoms with Crippen molar-refractivity contribution in [1.82, 2.24) is 0 Å². The molecule has 1 aromatic carbocycles. The molecule has 1 unspecified atom stereocenters. The van der Waals surface area contributed by atoms with Gasteiger partial charge in [0.15, 0.2) is 0 Å². The van der Waals surface area contributed by atoms with E-state index in [1.165, 1.54) is 7.11 Å². The SMILES string of the molecule is COC(=O)C(C)CSCCCOc1ccccc1. The number of carbonyl (C=O) groups excluding carboxylic acids is 1. The molecule has 0 heterocycles. The van der Waals surface area contributed by atoms with Crippen molar-refractivity contribution in [2.45, 2.75) is 13.3 Å². The van der Waals surface area contributed by atoms with E-state index in [1.807, 2.05) is 37.3 Å². The maximum Gasteiger partial charge on any atom is 0.309 e. The average Bonchev–Trinajstić information content (AvgIpc) is 2.42. The molecule has 0 aliphatic heterocycles. The van der Waals surface area contributed by atoms with E-state index in [-0.39, 0.29) is 11.9 Å². The maximum absolute atomic E-state index is 11.2. The lowest BCUT2D eigenvalue weighted by molar-refractivity contribution is -0.143. The minimum atomic E-state index is -0.136. The molecule has 4 heteroatoms. The van der Waals surface area contributed by atoms with Gasteiger partial charge in [-0.25, -0.2) is 0 Å². The van der Waals surface area contributed by atoms with Crippen molar-refractivity contribution < 1.29 is 14.3 Å². The minimum absolute atomic E-state index is 0.0324. The molecule has 3 nitrogen and oxygen atoms in total. The minimum Gasteiger partial charge on any atom is -0.494 e. The zero-order valence-corrected chi connectivity index (χ0v) is 11.7. The Morgan fingerprint density at radius 3 is 2.72 bits per heavy atom. The molecular formula is C14H20O3S. The molecule has 100 valence electrons. The predicted octanol–water partition coefficient (Wildman–Crippen LogP) is 3.00. The van der Waals surface area contributed by atoms with Gasteiger partial charge in [0.25, 0.3) is 0 Å². The average molecular weight is 268 g/mol. The standard InChI is InChI=1S/C14H20O3S/c1-12(14(15)16-2)11-18-10-6-9-17-13-7-4-3-5-8-13/h3-5,7-8,12H,6,9-11H2,1-2H3. The molecule has 1 aromatic rings. The summed E-state index contributed by atoms with van der Waals surface area (Å²) in [5.41, 5.74) is 0. The number of hydrogen-bond donors (Lipinski definition) is 0. The van der Waals surface area contributed by atoms with Gasteiger partial charge in [0.1, 0.15) is 5.75 Å². The summed E-state index contributed by atoms with van der Waals surface area (Å²) in [6.45, 7) is 2.60. The van der Waals surface area contributed by atoms with E-state index >= 15 is 0 Å². The smallest absolute Gasteiger partial charge is 0.309 e. The van der Waals surface area contributed by atoms with Crippen LogP contribution in [0.3, 0.4) is 0 Å². The fourth-order valence-corrected chi connectivity index (χ4v) is 2.38. The molecule has 18 heavy (non-hydrogen) atoms. The van der Waals surface area contributed by atoms with Crippen molar-refractivity contribution in [2.75, 3.05) is 25.2 Å². The van der Waals surface area contributed by atoms with Gasteiger partial charge >= 0.3 is 5.97 Å². The highest BCUT2D eigenvalue weighted by molar-refractivity contribution is 7.99. The highest BCUT2D eigenvalue weighted by atomic mass is 32.2. The Morgan fingerprint density at radius 2 is 2.06 bits per heavy atom. The zero-order valence-electron chi connectivity index (χ0n) is 10.9. The number of thioether (sulfide) groups is 1. The Labute approximate surface area is 113 Å². The second kappa shape index (κ2) is 8.86. The Balaban J connectivity index is 2.01. The molecule has 1 atom stereocenters. The molecule has 0 spiro atoms. The van der Waals surface area contributed by atoms with Gasteiger partial charge in [-0.3, -0.25) is 4.79 Å². The summed E-state index contributed by atoms with van der Waals surface area (Å²) < 4.78 is 10.2. The van der Waals surface area contributed by atoms with E-state index in [2.05, 4.69) is 4.74 Å². The molecular weight excluding hydrogens is 248 g/mol. The van der Waals surface area contributed by atoms with Crippen LogP contribution < -0.4 is 4.74 Å². The zero-order chi connectivity index (χ0) is 13.2. The molecule has 0 radical (unpaired) electrons.